The maximum Gasteiger partial charge on any atom is 0.220 e. The summed E-state index contributed by atoms with van der Waals surface area (Å²) in [6.07, 6.45) is 3.72. The van der Waals surface area contributed by atoms with Crippen LogP contribution in [-0.4, -0.2) is 30.5 Å². The fraction of sp³-hybridized carbons (Fsp3) is 0.714. The van der Waals surface area contributed by atoms with E-state index >= 15 is 0 Å². The van der Waals surface area contributed by atoms with Gasteiger partial charge in [0, 0.05) is 24.3 Å². The van der Waals surface area contributed by atoms with Crippen LogP contribution in [0.3, 0.4) is 0 Å². The molecule has 2 N–H and O–H groups in total. The van der Waals surface area contributed by atoms with Crippen LogP contribution in [0.4, 0.5) is 0 Å². The molecule has 0 radical (unpaired) electrons. The molecule has 1 aromatic rings. The first-order valence-electron chi connectivity index (χ1n) is 7.05. The van der Waals surface area contributed by atoms with Gasteiger partial charge in [-0.1, -0.05) is 0 Å². The van der Waals surface area contributed by atoms with Crippen LogP contribution in [0.2, 0.25) is 0 Å². The molecule has 1 aliphatic heterocycles. The van der Waals surface area contributed by atoms with Crippen molar-refractivity contribution in [3.05, 3.63) is 15.6 Å². The van der Waals surface area contributed by atoms with Crippen molar-refractivity contribution in [2.75, 3.05) is 19.6 Å². The molecule has 4 nitrogen and oxygen atoms in total. The minimum absolute atomic E-state index is 0. The second-order valence-corrected chi connectivity index (χ2v) is 6.53. The average Bonchev–Trinajstić information content (AvgIpc) is 2.98. The number of amides is 1. The summed E-state index contributed by atoms with van der Waals surface area (Å²) in [7, 11) is 0. The van der Waals surface area contributed by atoms with Crippen molar-refractivity contribution in [2.45, 2.75) is 39.5 Å². The number of rotatable bonds is 6. The molecule has 1 unspecified atom stereocenters. The number of hydrogen-bond acceptors (Lipinski definition) is 4. The number of aromatic nitrogens is 1. The van der Waals surface area contributed by atoms with Gasteiger partial charge in [-0.05, 0) is 45.7 Å². The van der Waals surface area contributed by atoms with Gasteiger partial charge in [-0.2, -0.15) is 0 Å². The van der Waals surface area contributed by atoms with Gasteiger partial charge < -0.3 is 10.6 Å². The summed E-state index contributed by atoms with van der Waals surface area (Å²) in [6, 6.07) is 0. The number of nitrogens with one attached hydrogen (secondary N) is 2. The molecule has 1 atom stereocenters. The first-order valence-corrected chi connectivity index (χ1v) is 7.87. The molecule has 1 saturated heterocycles. The predicted molar refractivity (Wildman–Crippen MR) is 93.0 cm³/mol. The van der Waals surface area contributed by atoms with Gasteiger partial charge in [0.2, 0.25) is 5.91 Å². The molecule has 1 fully saturated rings. The average molecular weight is 354 g/mol. The minimum atomic E-state index is 0. The second kappa shape index (κ2) is 10.4. The zero-order chi connectivity index (χ0) is 13.7. The lowest BCUT2D eigenvalue weighted by atomic mass is 10.0. The summed E-state index contributed by atoms with van der Waals surface area (Å²) in [4.78, 5) is 17.5. The van der Waals surface area contributed by atoms with E-state index in [1.165, 1.54) is 11.3 Å². The molecule has 0 aromatic carbocycles. The summed E-state index contributed by atoms with van der Waals surface area (Å²) in [5, 5.41) is 7.44. The van der Waals surface area contributed by atoms with Crippen LogP contribution >= 0.6 is 36.2 Å². The lowest BCUT2D eigenvalue weighted by Gasteiger charge is -2.08. The van der Waals surface area contributed by atoms with Crippen molar-refractivity contribution >= 4 is 42.1 Å². The third-order valence-corrected chi connectivity index (χ3v) is 4.81. The van der Waals surface area contributed by atoms with Crippen LogP contribution in [0.15, 0.2) is 0 Å². The topological polar surface area (TPSA) is 54.0 Å². The van der Waals surface area contributed by atoms with Gasteiger partial charge >= 0.3 is 0 Å². The number of carbonyl (C=O) groups excluding carboxylic acids is 1. The molecule has 1 aliphatic rings. The van der Waals surface area contributed by atoms with Gasteiger partial charge in [0.25, 0.3) is 0 Å². The monoisotopic (exact) mass is 353 g/mol. The Kier molecular flexibility index (Phi) is 10.2. The van der Waals surface area contributed by atoms with Crippen LogP contribution < -0.4 is 10.6 Å². The number of nitrogens with zero attached hydrogens (tertiary/aromatic N) is 1. The fourth-order valence-corrected chi connectivity index (χ4v) is 3.27. The van der Waals surface area contributed by atoms with E-state index in [0.29, 0.717) is 18.9 Å². The maximum atomic E-state index is 11.7. The van der Waals surface area contributed by atoms with E-state index in [1.807, 2.05) is 6.92 Å². The van der Waals surface area contributed by atoms with Crippen molar-refractivity contribution < 1.29 is 4.79 Å². The Morgan fingerprint density at radius 3 is 2.76 bits per heavy atom. The van der Waals surface area contributed by atoms with Gasteiger partial charge in [0.05, 0.1) is 10.7 Å². The molecule has 0 bridgehead atoms. The highest BCUT2D eigenvalue weighted by Gasteiger charge is 2.15. The zero-order valence-electron chi connectivity index (χ0n) is 12.6. The normalized spacial score (nSPS) is 17.0. The van der Waals surface area contributed by atoms with Gasteiger partial charge in [-0.25, -0.2) is 4.98 Å². The number of carbonyl (C=O) groups is 1. The molecule has 21 heavy (non-hydrogen) atoms. The Morgan fingerprint density at radius 1 is 1.43 bits per heavy atom. The highest BCUT2D eigenvalue weighted by Crippen LogP contribution is 2.16. The smallest absolute Gasteiger partial charge is 0.220 e. The first-order chi connectivity index (χ1) is 9.15. The molecule has 2 heterocycles. The summed E-state index contributed by atoms with van der Waals surface area (Å²) >= 11 is 1.73. The molecule has 1 aromatic heterocycles. The van der Waals surface area contributed by atoms with Crippen molar-refractivity contribution in [1.82, 2.24) is 15.6 Å². The lowest BCUT2D eigenvalue weighted by Crippen LogP contribution is -2.26. The summed E-state index contributed by atoms with van der Waals surface area (Å²) in [5.41, 5.74) is 1.11. The molecular formula is C14H25Cl2N3OS. The standard InChI is InChI=1S/C14H23N3OS.2ClH/c1-10-11(2)19-14(17-10)6-8-16-13(18)4-3-12-5-7-15-9-12;;/h12,15H,3-9H2,1-2H3,(H,16,18);2*1H. The van der Waals surface area contributed by atoms with Gasteiger partial charge in [0.15, 0.2) is 0 Å². The highest BCUT2D eigenvalue weighted by molar-refractivity contribution is 7.11. The molecule has 2 rings (SSSR count). The zero-order valence-corrected chi connectivity index (χ0v) is 15.1. The quantitative estimate of drug-likeness (QED) is 0.826. The van der Waals surface area contributed by atoms with E-state index in [-0.39, 0.29) is 30.7 Å². The van der Waals surface area contributed by atoms with Gasteiger partial charge in [-0.3, -0.25) is 4.79 Å². The van der Waals surface area contributed by atoms with E-state index in [9.17, 15) is 4.79 Å². The lowest BCUT2D eigenvalue weighted by molar-refractivity contribution is -0.121. The Balaban J connectivity index is 0.00000200. The maximum absolute atomic E-state index is 11.7. The Morgan fingerprint density at radius 2 is 2.19 bits per heavy atom. The van der Waals surface area contributed by atoms with E-state index < -0.39 is 0 Å². The Labute approximate surface area is 143 Å². The fourth-order valence-electron chi connectivity index (χ4n) is 2.34. The SMILES string of the molecule is Cc1nc(CCNC(=O)CCC2CCNC2)sc1C.Cl.Cl. The van der Waals surface area contributed by atoms with Gasteiger partial charge in [-0.15, -0.1) is 36.2 Å². The summed E-state index contributed by atoms with van der Waals surface area (Å²) in [6.45, 7) is 7.00. The van der Waals surface area contributed by atoms with E-state index in [1.54, 1.807) is 11.3 Å². The van der Waals surface area contributed by atoms with Crippen LogP contribution in [0, 0.1) is 19.8 Å². The third kappa shape index (κ3) is 6.96. The van der Waals surface area contributed by atoms with Crippen molar-refractivity contribution in [3.63, 3.8) is 0 Å². The third-order valence-electron chi connectivity index (χ3n) is 3.68. The molecule has 122 valence electrons. The van der Waals surface area contributed by atoms with Crippen LogP contribution in [0.1, 0.15) is 34.8 Å². The van der Waals surface area contributed by atoms with Crippen molar-refractivity contribution in [1.29, 1.82) is 0 Å². The number of hydrogen-bond donors (Lipinski definition) is 2. The molecule has 0 aliphatic carbocycles. The van der Waals surface area contributed by atoms with Crippen LogP contribution in [0.5, 0.6) is 0 Å². The number of halogens is 2. The molecule has 0 spiro atoms. The van der Waals surface area contributed by atoms with Crippen molar-refractivity contribution in [3.8, 4) is 0 Å². The van der Waals surface area contributed by atoms with Crippen LogP contribution in [-0.2, 0) is 11.2 Å². The van der Waals surface area contributed by atoms with Crippen LogP contribution in [0.25, 0.3) is 0 Å². The minimum Gasteiger partial charge on any atom is -0.356 e. The van der Waals surface area contributed by atoms with E-state index in [4.69, 9.17) is 0 Å². The molecular weight excluding hydrogens is 329 g/mol. The van der Waals surface area contributed by atoms with Gasteiger partial charge in [0.1, 0.15) is 0 Å². The Hall–Kier alpha value is -0.360. The largest absolute Gasteiger partial charge is 0.356 e. The molecule has 7 heteroatoms. The van der Waals surface area contributed by atoms with E-state index in [0.717, 1.165) is 36.6 Å². The highest BCUT2D eigenvalue weighted by atomic mass is 35.5. The number of aryl methyl sites for hydroxylation is 2. The molecule has 1 amide bonds. The predicted octanol–water partition coefficient (Wildman–Crippen LogP) is 2.65. The Bertz CT molecular complexity index is 414. The second-order valence-electron chi connectivity index (χ2n) is 5.25. The first kappa shape index (κ1) is 20.6. The summed E-state index contributed by atoms with van der Waals surface area (Å²) in [5.74, 6) is 0.868. The summed E-state index contributed by atoms with van der Waals surface area (Å²) < 4.78 is 0. The number of thiazole rings is 1. The van der Waals surface area contributed by atoms with Crippen molar-refractivity contribution in [2.24, 2.45) is 5.92 Å². The van der Waals surface area contributed by atoms with E-state index in [2.05, 4.69) is 22.5 Å². The molecule has 0 saturated carbocycles.